The van der Waals surface area contributed by atoms with E-state index < -0.39 is 15.8 Å². The first kappa shape index (κ1) is 16.4. The first-order valence-electron chi connectivity index (χ1n) is 7.49. The highest BCUT2D eigenvalue weighted by molar-refractivity contribution is 7.89. The van der Waals surface area contributed by atoms with Crippen molar-refractivity contribution in [2.75, 3.05) is 24.5 Å². The van der Waals surface area contributed by atoms with Crippen molar-refractivity contribution in [3.63, 3.8) is 0 Å². The zero-order valence-electron chi connectivity index (χ0n) is 12.5. The Hall–Kier alpha value is -1.51. The van der Waals surface area contributed by atoms with Crippen LogP contribution in [0.4, 0.5) is 9.52 Å². The average Bonchev–Trinajstić information content (AvgIpc) is 3.18. The molecule has 3 rings (SSSR count). The molecule has 1 N–H and O–H groups in total. The molecule has 1 fully saturated rings. The van der Waals surface area contributed by atoms with Gasteiger partial charge in [0.1, 0.15) is 5.82 Å². The Balaban J connectivity index is 1.55. The molecule has 0 aliphatic carbocycles. The van der Waals surface area contributed by atoms with Gasteiger partial charge in [-0.3, -0.25) is 0 Å². The molecule has 0 bridgehead atoms. The second-order valence-electron chi connectivity index (χ2n) is 5.42. The largest absolute Gasteiger partial charge is 0.348 e. The number of halogens is 1. The molecule has 1 aromatic heterocycles. The number of thiazole rings is 1. The summed E-state index contributed by atoms with van der Waals surface area (Å²) < 4.78 is 39.6. The Kier molecular flexibility index (Phi) is 4.93. The van der Waals surface area contributed by atoms with Crippen molar-refractivity contribution in [1.82, 2.24) is 9.71 Å². The summed E-state index contributed by atoms with van der Waals surface area (Å²) in [6, 6.07) is 4.78. The Bertz CT molecular complexity index is 753. The standard InChI is InChI=1S/C15H18FN3O2S2/c16-12-3-5-14(6-4-12)23(20,21)17-8-7-13-11-22-15(18-13)19-9-1-2-10-19/h3-6,11,17H,1-2,7-10H2. The number of sulfonamides is 1. The number of hydrogen-bond donors (Lipinski definition) is 1. The quantitative estimate of drug-likeness (QED) is 0.864. The molecule has 0 spiro atoms. The monoisotopic (exact) mass is 355 g/mol. The van der Waals surface area contributed by atoms with Gasteiger partial charge >= 0.3 is 0 Å². The van der Waals surface area contributed by atoms with Crippen LogP contribution < -0.4 is 9.62 Å². The molecule has 8 heteroatoms. The number of anilines is 1. The maximum Gasteiger partial charge on any atom is 0.240 e. The summed E-state index contributed by atoms with van der Waals surface area (Å²) in [6.07, 6.45) is 2.93. The second kappa shape index (κ2) is 6.94. The number of benzene rings is 1. The fourth-order valence-electron chi connectivity index (χ4n) is 2.48. The summed E-state index contributed by atoms with van der Waals surface area (Å²) >= 11 is 1.60. The van der Waals surface area contributed by atoms with Crippen LogP contribution in [-0.4, -0.2) is 33.0 Å². The van der Waals surface area contributed by atoms with Crippen LogP contribution in [0.1, 0.15) is 18.5 Å². The van der Waals surface area contributed by atoms with Crippen molar-refractivity contribution >= 4 is 26.5 Å². The smallest absolute Gasteiger partial charge is 0.240 e. The molecule has 124 valence electrons. The molecule has 0 unspecified atom stereocenters. The van der Waals surface area contributed by atoms with Gasteiger partial charge in [-0.05, 0) is 37.1 Å². The van der Waals surface area contributed by atoms with Gasteiger partial charge in [-0.25, -0.2) is 22.5 Å². The number of nitrogens with zero attached hydrogens (tertiary/aromatic N) is 2. The second-order valence-corrected chi connectivity index (χ2v) is 8.02. The summed E-state index contributed by atoms with van der Waals surface area (Å²) in [4.78, 5) is 6.88. The van der Waals surface area contributed by atoms with Gasteiger partial charge in [-0.2, -0.15) is 0 Å². The minimum absolute atomic E-state index is 0.0648. The molecule has 0 saturated carbocycles. The lowest BCUT2D eigenvalue weighted by Crippen LogP contribution is -2.26. The predicted molar refractivity (Wildman–Crippen MR) is 88.9 cm³/mol. The third-order valence-electron chi connectivity index (χ3n) is 3.71. The zero-order chi connectivity index (χ0) is 16.3. The average molecular weight is 355 g/mol. The fraction of sp³-hybridized carbons (Fsp3) is 0.400. The molecule has 2 aromatic rings. The lowest BCUT2D eigenvalue weighted by molar-refractivity contribution is 0.580. The van der Waals surface area contributed by atoms with E-state index in [1.807, 2.05) is 5.38 Å². The van der Waals surface area contributed by atoms with Gasteiger partial charge in [0.2, 0.25) is 10.0 Å². The Morgan fingerprint density at radius 3 is 2.61 bits per heavy atom. The molecular formula is C15H18FN3O2S2. The molecule has 0 amide bonds. The van der Waals surface area contributed by atoms with Crippen molar-refractivity contribution < 1.29 is 12.8 Å². The van der Waals surface area contributed by atoms with Gasteiger partial charge in [0.05, 0.1) is 10.6 Å². The molecule has 5 nitrogen and oxygen atoms in total. The van der Waals surface area contributed by atoms with Crippen LogP contribution >= 0.6 is 11.3 Å². The van der Waals surface area contributed by atoms with Crippen LogP contribution in [-0.2, 0) is 16.4 Å². The van der Waals surface area contributed by atoms with Crippen LogP contribution in [0.5, 0.6) is 0 Å². The van der Waals surface area contributed by atoms with E-state index in [1.165, 1.54) is 25.0 Å². The van der Waals surface area contributed by atoms with Crippen LogP contribution in [0.3, 0.4) is 0 Å². The lowest BCUT2D eigenvalue weighted by atomic mass is 10.3. The van der Waals surface area contributed by atoms with E-state index in [9.17, 15) is 12.8 Å². The van der Waals surface area contributed by atoms with E-state index in [4.69, 9.17) is 0 Å². The first-order valence-corrected chi connectivity index (χ1v) is 9.85. The zero-order valence-corrected chi connectivity index (χ0v) is 14.2. The van der Waals surface area contributed by atoms with Crippen molar-refractivity contribution in [3.8, 4) is 0 Å². The fourth-order valence-corrected chi connectivity index (χ4v) is 4.42. The highest BCUT2D eigenvalue weighted by Crippen LogP contribution is 2.24. The highest BCUT2D eigenvalue weighted by Gasteiger charge is 2.16. The van der Waals surface area contributed by atoms with Crippen molar-refractivity contribution in [2.24, 2.45) is 0 Å². The molecule has 0 atom stereocenters. The number of hydrogen-bond acceptors (Lipinski definition) is 5. The normalized spacial score (nSPS) is 15.3. The third kappa shape index (κ3) is 4.07. The van der Waals surface area contributed by atoms with Crippen LogP contribution in [0.15, 0.2) is 34.5 Å². The van der Waals surface area contributed by atoms with Gasteiger partial charge < -0.3 is 4.90 Å². The minimum Gasteiger partial charge on any atom is -0.348 e. The lowest BCUT2D eigenvalue weighted by Gasteiger charge is -2.12. The summed E-state index contributed by atoms with van der Waals surface area (Å²) in [5.41, 5.74) is 0.888. The molecule has 1 aliphatic rings. The molecule has 2 heterocycles. The molecule has 0 radical (unpaired) electrons. The van der Waals surface area contributed by atoms with E-state index in [-0.39, 0.29) is 11.4 Å². The van der Waals surface area contributed by atoms with Gasteiger partial charge in [-0.15, -0.1) is 11.3 Å². The topological polar surface area (TPSA) is 62.3 Å². The predicted octanol–water partition coefficient (Wildman–Crippen LogP) is 2.40. The molecule has 23 heavy (non-hydrogen) atoms. The third-order valence-corrected chi connectivity index (χ3v) is 6.14. The number of rotatable bonds is 6. The van der Waals surface area contributed by atoms with Gasteiger partial charge in [0, 0.05) is 31.4 Å². The maximum atomic E-state index is 12.9. The van der Waals surface area contributed by atoms with E-state index in [0.29, 0.717) is 6.42 Å². The Morgan fingerprint density at radius 1 is 1.22 bits per heavy atom. The van der Waals surface area contributed by atoms with Crippen LogP contribution in [0.25, 0.3) is 0 Å². The van der Waals surface area contributed by atoms with E-state index in [2.05, 4.69) is 14.6 Å². The van der Waals surface area contributed by atoms with Crippen LogP contribution in [0.2, 0.25) is 0 Å². The van der Waals surface area contributed by atoms with E-state index in [0.717, 1.165) is 36.0 Å². The Labute approximate surface area is 139 Å². The summed E-state index contributed by atoms with van der Waals surface area (Å²) in [5, 5.41) is 2.98. The van der Waals surface area contributed by atoms with E-state index >= 15 is 0 Å². The summed E-state index contributed by atoms with van der Waals surface area (Å²) in [5.74, 6) is -0.458. The Morgan fingerprint density at radius 2 is 1.91 bits per heavy atom. The SMILES string of the molecule is O=S(=O)(NCCc1csc(N2CCCC2)n1)c1ccc(F)cc1. The molecular weight excluding hydrogens is 337 g/mol. The van der Waals surface area contributed by atoms with Crippen molar-refractivity contribution in [2.45, 2.75) is 24.2 Å². The molecule has 1 saturated heterocycles. The van der Waals surface area contributed by atoms with Gasteiger partial charge in [-0.1, -0.05) is 0 Å². The summed E-state index contributed by atoms with van der Waals surface area (Å²) in [6.45, 7) is 2.36. The maximum absolute atomic E-state index is 12.9. The minimum atomic E-state index is -3.61. The van der Waals surface area contributed by atoms with Crippen LogP contribution in [0, 0.1) is 5.82 Å². The van der Waals surface area contributed by atoms with Gasteiger partial charge in [0.15, 0.2) is 5.13 Å². The number of aromatic nitrogens is 1. The van der Waals surface area contributed by atoms with E-state index in [1.54, 1.807) is 11.3 Å². The van der Waals surface area contributed by atoms with Crippen molar-refractivity contribution in [1.29, 1.82) is 0 Å². The highest BCUT2D eigenvalue weighted by atomic mass is 32.2. The first-order chi connectivity index (χ1) is 11.0. The summed E-state index contributed by atoms with van der Waals surface area (Å²) in [7, 11) is -3.61. The molecule has 1 aromatic carbocycles. The number of nitrogens with one attached hydrogen (secondary N) is 1. The van der Waals surface area contributed by atoms with Crippen molar-refractivity contribution in [3.05, 3.63) is 41.2 Å². The van der Waals surface area contributed by atoms with Gasteiger partial charge in [0.25, 0.3) is 0 Å². The molecule has 1 aliphatic heterocycles.